The molecule has 1 aliphatic heterocycles. The van der Waals surface area contributed by atoms with E-state index in [2.05, 4.69) is 42.5 Å². The van der Waals surface area contributed by atoms with Gasteiger partial charge in [0.1, 0.15) is 5.75 Å². The van der Waals surface area contributed by atoms with E-state index in [1.165, 1.54) is 5.57 Å². The summed E-state index contributed by atoms with van der Waals surface area (Å²) in [6.45, 7) is 10.2. The van der Waals surface area contributed by atoms with Crippen LogP contribution in [0.15, 0.2) is 34.4 Å². The molecule has 2 amide bonds. The number of amides is 2. The van der Waals surface area contributed by atoms with Crippen molar-refractivity contribution in [1.82, 2.24) is 10.1 Å². The van der Waals surface area contributed by atoms with Gasteiger partial charge >= 0.3 is 6.03 Å². The summed E-state index contributed by atoms with van der Waals surface area (Å²) in [7, 11) is 0. The van der Waals surface area contributed by atoms with Crippen molar-refractivity contribution in [2.24, 2.45) is 5.92 Å². The molecule has 1 aromatic carbocycles. The number of benzene rings is 1. The zero-order valence-electron chi connectivity index (χ0n) is 17.8. The minimum absolute atomic E-state index is 0.138. The molecule has 0 spiro atoms. The van der Waals surface area contributed by atoms with Crippen molar-refractivity contribution in [1.29, 1.82) is 0 Å². The molecular formula is C23H31N3O3. The second kappa shape index (κ2) is 9.63. The number of hydrogen-bond donors (Lipinski definition) is 1. The number of piperidine rings is 1. The van der Waals surface area contributed by atoms with Gasteiger partial charge in [0.25, 0.3) is 0 Å². The van der Waals surface area contributed by atoms with E-state index < -0.39 is 0 Å². The van der Waals surface area contributed by atoms with E-state index in [-0.39, 0.29) is 11.9 Å². The van der Waals surface area contributed by atoms with E-state index in [9.17, 15) is 4.79 Å². The van der Waals surface area contributed by atoms with Crippen molar-refractivity contribution in [3.63, 3.8) is 0 Å². The molecule has 29 heavy (non-hydrogen) atoms. The molecule has 1 fully saturated rings. The molecular weight excluding hydrogens is 366 g/mol. The van der Waals surface area contributed by atoms with Crippen molar-refractivity contribution in [2.75, 3.05) is 25.0 Å². The Kier molecular flexibility index (Phi) is 6.96. The Morgan fingerprint density at radius 1 is 1.41 bits per heavy atom. The summed E-state index contributed by atoms with van der Waals surface area (Å²) in [5.41, 5.74) is 4.15. The predicted octanol–water partition coefficient (Wildman–Crippen LogP) is 5.43. The van der Waals surface area contributed by atoms with E-state index in [0.717, 1.165) is 48.4 Å². The molecule has 1 unspecified atom stereocenters. The Hall–Kier alpha value is -2.76. The first kappa shape index (κ1) is 21.0. The first-order chi connectivity index (χ1) is 14.0. The highest BCUT2D eigenvalue weighted by atomic mass is 16.5. The van der Waals surface area contributed by atoms with Gasteiger partial charge in [-0.1, -0.05) is 49.2 Å². The standard InChI is InChI=1S/C23H31N3O3/c1-5-6-12-28-21-9-7-8-19(14-21)13-20-10-11-26(15-16(20)2)23(27)24-22-17(3)18(4)25-29-22/h7-9,13-14,16H,5-6,10-12,15H2,1-4H3,(H,24,27)/b20-13+. The van der Waals surface area contributed by atoms with Gasteiger partial charge in [-0.05, 0) is 50.3 Å². The van der Waals surface area contributed by atoms with Crippen molar-refractivity contribution >= 4 is 18.0 Å². The van der Waals surface area contributed by atoms with Gasteiger partial charge in [-0.3, -0.25) is 5.32 Å². The minimum atomic E-state index is -0.138. The number of ether oxygens (including phenoxy) is 1. The molecule has 6 nitrogen and oxygen atoms in total. The highest BCUT2D eigenvalue weighted by molar-refractivity contribution is 5.88. The maximum Gasteiger partial charge on any atom is 0.324 e. The van der Waals surface area contributed by atoms with Crippen LogP contribution >= 0.6 is 0 Å². The van der Waals surface area contributed by atoms with Crippen LogP contribution in [0.1, 0.15) is 49.9 Å². The van der Waals surface area contributed by atoms with Crippen LogP contribution in [0.4, 0.5) is 10.7 Å². The van der Waals surface area contributed by atoms with Crippen LogP contribution in [0, 0.1) is 19.8 Å². The molecule has 156 valence electrons. The zero-order valence-corrected chi connectivity index (χ0v) is 17.8. The smallest absolute Gasteiger partial charge is 0.324 e. The fourth-order valence-corrected chi connectivity index (χ4v) is 3.40. The lowest BCUT2D eigenvalue weighted by Gasteiger charge is -2.33. The molecule has 1 saturated heterocycles. The number of aryl methyl sites for hydroxylation is 1. The zero-order chi connectivity index (χ0) is 20.8. The average Bonchev–Trinajstić information content (AvgIpc) is 3.02. The van der Waals surface area contributed by atoms with Crippen molar-refractivity contribution in [2.45, 2.75) is 47.0 Å². The monoisotopic (exact) mass is 397 g/mol. The fourth-order valence-electron chi connectivity index (χ4n) is 3.40. The number of aromatic nitrogens is 1. The lowest BCUT2D eigenvalue weighted by molar-refractivity contribution is 0.197. The van der Waals surface area contributed by atoms with Gasteiger partial charge in [0.05, 0.1) is 12.3 Å². The Labute approximate surface area is 172 Å². The predicted molar refractivity (Wildman–Crippen MR) is 115 cm³/mol. The summed E-state index contributed by atoms with van der Waals surface area (Å²) in [4.78, 5) is 14.4. The van der Waals surface area contributed by atoms with Crippen LogP contribution in [0.3, 0.4) is 0 Å². The third-order valence-electron chi connectivity index (χ3n) is 5.44. The van der Waals surface area contributed by atoms with Gasteiger partial charge in [0.2, 0.25) is 5.88 Å². The number of carbonyl (C=O) groups is 1. The van der Waals surface area contributed by atoms with Gasteiger partial charge in [0.15, 0.2) is 0 Å². The first-order valence-corrected chi connectivity index (χ1v) is 10.4. The van der Waals surface area contributed by atoms with Gasteiger partial charge in [-0.2, -0.15) is 0 Å². The fraction of sp³-hybridized carbons (Fsp3) is 0.478. The molecule has 2 heterocycles. The number of unbranched alkanes of at least 4 members (excludes halogenated alkanes) is 1. The highest BCUT2D eigenvalue weighted by Crippen LogP contribution is 2.27. The van der Waals surface area contributed by atoms with Gasteiger partial charge in [-0.25, -0.2) is 4.79 Å². The lowest BCUT2D eigenvalue weighted by atomic mass is 9.91. The Bertz CT molecular complexity index is 872. The molecule has 6 heteroatoms. The molecule has 1 aliphatic rings. The molecule has 0 saturated carbocycles. The lowest BCUT2D eigenvalue weighted by Crippen LogP contribution is -2.42. The van der Waals surface area contributed by atoms with Crippen LogP contribution in [0.2, 0.25) is 0 Å². The number of hydrogen-bond acceptors (Lipinski definition) is 4. The van der Waals surface area contributed by atoms with Gasteiger partial charge in [0, 0.05) is 18.7 Å². The first-order valence-electron chi connectivity index (χ1n) is 10.4. The third kappa shape index (κ3) is 5.40. The second-order valence-corrected chi connectivity index (χ2v) is 7.74. The number of rotatable bonds is 6. The van der Waals surface area contributed by atoms with Crippen LogP contribution in [-0.2, 0) is 0 Å². The Morgan fingerprint density at radius 3 is 2.93 bits per heavy atom. The minimum Gasteiger partial charge on any atom is -0.494 e. The highest BCUT2D eigenvalue weighted by Gasteiger charge is 2.25. The summed E-state index contributed by atoms with van der Waals surface area (Å²) in [6.07, 6.45) is 5.27. The van der Waals surface area contributed by atoms with Crippen LogP contribution in [0.5, 0.6) is 5.75 Å². The van der Waals surface area contributed by atoms with Crippen molar-refractivity contribution < 1.29 is 14.1 Å². The van der Waals surface area contributed by atoms with E-state index >= 15 is 0 Å². The summed E-state index contributed by atoms with van der Waals surface area (Å²) < 4.78 is 11.0. The van der Waals surface area contributed by atoms with Crippen molar-refractivity contribution in [3.8, 4) is 5.75 Å². The summed E-state index contributed by atoms with van der Waals surface area (Å²) in [5.74, 6) is 1.63. The largest absolute Gasteiger partial charge is 0.494 e. The number of nitrogens with zero attached hydrogens (tertiary/aromatic N) is 2. The third-order valence-corrected chi connectivity index (χ3v) is 5.44. The maximum absolute atomic E-state index is 12.6. The number of urea groups is 1. The quantitative estimate of drug-likeness (QED) is 0.660. The molecule has 2 aromatic rings. The van der Waals surface area contributed by atoms with Gasteiger partial charge < -0.3 is 14.2 Å². The molecule has 3 rings (SSSR count). The summed E-state index contributed by atoms with van der Waals surface area (Å²) in [6, 6.07) is 8.08. The topological polar surface area (TPSA) is 67.6 Å². The SMILES string of the molecule is CCCCOc1cccc(/C=C2\CCN(C(=O)Nc3onc(C)c3C)CC2C)c1. The van der Waals surface area contributed by atoms with Crippen LogP contribution < -0.4 is 10.1 Å². The molecule has 0 aliphatic carbocycles. The van der Waals surface area contributed by atoms with Crippen LogP contribution in [0.25, 0.3) is 6.08 Å². The second-order valence-electron chi connectivity index (χ2n) is 7.74. The van der Waals surface area contributed by atoms with Crippen LogP contribution in [-0.4, -0.2) is 35.8 Å². The Morgan fingerprint density at radius 2 is 2.24 bits per heavy atom. The van der Waals surface area contributed by atoms with Crippen molar-refractivity contribution in [3.05, 3.63) is 46.7 Å². The van der Waals surface area contributed by atoms with Gasteiger partial charge in [-0.15, -0.1) is 0 Å². The molecule has 1 atom stereocenters. The average molecular weight is 398 g/mol. The molecule has 0 bridgehead atoms. The van der Waals surface area contributed by atoms with E-state index in [1.807, 2.05) is 30.9 Å². The number of likely N-dealkylation sites (tertiary alicyclic amines) is 1. The maximum atomic E-state index is 12.6. The molecule has 1 aromatic heterocycles. The normalized spacial score (nSPS) is 18.1. The molecule has 0 radical (unpaired) electrons. The molecule has 1 N–H and O–H groups in total. The summed E-state index contributed by atoms with van der Waals surface area (Å²) >= 11 is 0. The Balaban J connectivity index is 1.60. The van der Waals surface area contributed by atoms with E-state index in [0.29, 0.717) is 19.0 Å². The van der Waals surface area contributed by atoms with E-state index in [1.54, 1.807) is 0 Å². The number of anilines is 1. The summed E-state index contributed by atoms with van der Waals surface area (Å²) in [5, 5.41) is 6.73. The number of nitrogens with one attached hydrogen (secondary N) is 1. The number of carbonyl (C=O) groups excluding carboxylic acids is 1. The van der Waals surface area contributed by atoms with E-state index in [4.69, 9.17) is 9.26 Å².